The van der Waals surface area contributed by atoms with E-state index in [4.69, 9.17) is 4.74 Å². The van der Waals surface area contributed by atoms with Crippen LogP contribution < -0.4 is 0 Å². The van der Waals surface area contributed by atoms with E-state index in [0.717, 1.165) is 0 Å². The Morgan fingerprint density at radius 1 is 1.30 bits per heavy atom. The number of nitrogens with zero attached hydrogens (tertiary/aromatic N) is 1. The maximum Gasteiger partial charge on any atom is 0.170 e. The molecule has 0 radical (unpaired) electrons. The van der Waals surface area contributed by atoms with Crippen LogP contribution in [0.25, 0.3) is 0 Å². The number of hydrogen-bond acceptors (Lipinski definition) is 2. The van der Waals surface area contributed by atoms with Gasteiger partial charge in [-0.3, -0.25) is 4.99 Å². The first-order valence-corrected chi connectivity index (χ1v) is 3.61. The van der Waals surface area contributed by atoms with Crippen molar-refractivity contribution in [2.24, 2.45) is 4.99 Å². The second-order valence-electron chi connectivity index (χ2n) is 3.58. The average molecular weight is 143 g/mol. The van der Waals surface area contributed by atoms with Crippen molar-refractivity contribution in [1.29, 1.82) is 0 Å². The molecule has 60 valence electrons. The molecule has 10 heavy (non-hydrogen) atoms. The molecule has 0 aromatic heterocycles. The maximum absolute atomic E-state index is 5.25. The van der Waals surface area contributed by atoms with Gasteiger partial charge in [0.05, 0.1) is 0 Å². The summed E-state index contributed by atoms with van der Waals surface area (Å²) in [5, 5.41) is 0. The highest BCUT2D eigenvalue weighted by molar-refractivity contribution is 5.47. The third-order valence-corrected chi connectivity index (χ3v) is 0.765. The molecule has 0 spiro atoms. The van der Waals surface area contributed by atoms with Gasteiger partial charge >= 0.3 is 0 Å². The van der Waals surface area contributed by atoms with Crippen LogP contribution in [0, 0.1) is 0 Å². The van der Waals surface area contributed by atoms with Gasteiger partial charge in [-0.1, -0.05) is 0 Å². The summed E-state index contributed by atoms with van der Waals surface area (Å²) < 4.78 is 5.25. The minimum atomic E-state index is -0.113. The van der Waals surface area contributed by atoms with Crippen LogP contribution in [0.5, 0.6) is 0 Å². The van der Waals surface area contributed by atoms with Crippen molar-refractivity contribution in [3.05, 3.63) is 0 Å². The highest BCUT2D eigenvalue weighted by Gasteiger charge is 2.07. The van der Waals surface area contributed by atoms with E-state index in [1.165, 1.54) is 6.40 Å². The zero-order valence-corrected chi connectivity index (χ0v) is 7.51. The third-order valence-electron chi connectivity index (χ3n) is 0.765. The number of hydrogen-bond donors (Lipinski definition) is 0. The topological polar surface area (TPSA) is 21.6 Å². The van der Waals surface area contributed by atoms with Crippen LogP contribution in [0.4, 0.5) is 0 Å². The Labute approximate surface area is 63.3 Å². The van der Waals surface area contributed by atoms with Gasteiger partial charge < -0.3 is 4.74 Å². The van der Waals surface area contributed by atoms with E-state index in [2.05, 4.69) is 4.99 Å². The molecule has 0 aliphatic carbocycles. The van der Waals surface area contributed by atoms with Crippen molar-refractivity contribution in [2.45, 2.75) is 46.3 Å². The van der Waals surface area contributed by atoms with E-state index >= 15 is 0 Å². The summed E-state index contributed by atoms with van der Waals surface area (Å²) in [6.07, 6.45) is 1.53. The predicted molar refractivity (Wildman–Crippen MR) is 44.5 cm³/mol. The van der Waals surface area contributed by atoms with Crippen molar-refractivity contribution >= 4 is 6.40 Å². The van der Waals surface area contributed by atoms with Gasteiger partial charge in [-0.15, -0.1) is 0 Å². The van der Waals surface area contributed by atoms with Crippen molar-refractivity contribution in [3.8, 4) is 0 Å². The Balaban J connectivity index is 3.54. The first-order chi connectivity index (χ1) is 4.42. The Bertz CT molecular complexity index is 111. The number of rotatable bonds is 2. The summed E-state index contributed by atoms with van der Waals surface area (Å²) in [6, 6.07) is 0.322. The summed E-state index contributed by atoms with van der Waals surface area (Å²) in [5.41, 5.74) is -0.113. The molecule has 0 aromatic carbocycles. The van der Waals surface area contributed by atoms with Crippen LogP contribution in [0.3, 0.4) is 0 Å². The van der Waals surface area contributed by atoms with Gasteiger partial charge in [-0.25, -0.2) is 0 Å². The molecule has 0 saturated carbocycles. The molecule has 0 unspecified atom stereocenters. The van der Waals surface area contributed by atoms with Gasteiger partial charge in [0, 0.05) is 6.04 Å². The fourth-order valence-corrected chi connectivity index (χ4v) is 0.310. The summed E-state index contributed by atoms with van der Waals surface area (Å²) >= 11 is 0. The van der Waals surface area contributed by atoms with Gasteiger partial charge in [0.1, 0.15) is 5.60 Å². The molecular weight excluding hydrogens is 126 g/mol. The Hall–Kier alpha value is -0.530. The second kappa shape index (κ2) is 3.59. The molecule has 0 N–H and O–H groups in total. The number of aliphatic imine (C=N–C) groups is 1. The molecule has 0 rings (SSSR count). The molecule has 0 bridgehead atoms. The van der Waals surface area contributed by atoms with E-state index in [1.807, 2.05) is 34.6 Å². The lowest BCUT2D eigenvalue weighted by Gasteiger charge is -2.16. The molecule has 0 aliphatic heterocycles. The predicted octanol–water partition coefficient (Wildman–Crippen LogP) is 2.24. The fraction of sp³-hybridized carbons (Fsp3) is 0.875. The van der Waals surface area contributed by atoms with Gasteiger partial charge in [0.2, 0.25) is 0 Å². The minimum Gasteiger partial charge on any atom is -0.478 e. The van der Waals surface area contributed by atoms with Gasteiger partial charge in [-0.2, -0.15) is 0 Å². The summed E-state index contributed by atoms with van der Waals surface area (Å²) in [5.74, 6) is 0. The first-order valence-electron chi connectivity index (χ1n) is 3.61. The van der Waals surface area contributed by atoms with E-state index in [0.29, 0.717) is 6.04 Å². The quantitative estimate of drug-likeness (QED) is 0.429. The lowest BCUT2D eigenvalue weighted by atomic mass is 10.2. The van der Waals surface area contributed by atoms with Crippen LogP contribution >= 0.6 is 0 Å². The Kier molecular flexibility index (Phi) is 3.40. The van der Waals surface area contributed by atoms with E-state index in [9.17, 15) is 0 Å². The smallest absolute Gasteiger partial charge is 0.170 e. The van der Waals surface area contributed by atoms with E-state index in [-0.39, 0.29) is 5.60 Å². The molecule has 0 saturated heterocycles. The van der Waals surface area contributed by atoms with E-state index < -0.39 is 0 Å². The second-order valence-corrected chi connectivity index (χ2v) is 3.58. The molecule has 2 nitrogen and oxygen atoms in total. The SMILES string of the molecule is CC(C)/N=C\OC(C)(C)C. The summed E-state index contributed by atoms with van der Waals surface area (Å²) in [4.78, 5) is 4.06. The summed E-state index contributed by atoms with van der Waals surface area (Å²) in [7, 11) is 0. The minimum absolute atomic E-state index is 0.113. The monoisotopic (exact) mass is 143 g/mol. The zero-order valence-electron chi connectivity index (χ0n) is 7.51. The molecule has 0 atom stereocenters. The normalized spacial score (nSPS) is 13.0. The molecule has 0 aromatic rings. The van der Waals surface area contributed by atoms with Gasteiger partial charge in [-0.05, 0) is 34.6 Å². The summed E-state index contributed by atoms with van der Waals surface area (Å²) in [6.45, 7) is 10.0. The lowest BCUT2D eigenvalue weighted by molar-refractivity contribution is 0.126. The Morgan fingerprint density at radius 3 is 2.10 bits per heavy atom. The molecule has 0 fully saturated rings. The number of ether oxygens (including phenoxy) is 1. The largest absolute Gasteiger partial charge is 0.478 e. The van der Waals surface area contributed by atoms with Crippen molar-refractivity contribution in [2.75, 3.05) is 0 Å². The van der Waals surface area contributed by atoms with Gasteiger partial charge in [0.25, 0.3) is 0 Å². The molecule has 0 aliphatic rings. The van der Waals surface area contributed by atoms with Crippen molar-refractivity contribution in [3.63, 3.8) is 0 Å². The third kappa shape index (κ3) is 7.47. The van der Waals surface area contributed by atoms with Crippen LogP contribution in [-0.4, -0.2) is 18.0 Å². The standard InChI is InChI=1S/C8H17NO/c1-7(2)9-6-10-8(3,4)5/h6-7H,1-5H3/b9-6-. The van der Waals surface area contributed by atoms with E-state index in [1.54, 1.807) is 0 Å². The maximum atomic E-state index is 5.25. The van der Waals surface area contributed by atoms with Crippen molar-refractivity contribution in [1.82, 2.24) is 0 Å². The first kappa shape index (κ1) is 9.47. The zero-order chi connectivity index (χ0) is 8.20. The van der Waals surface area contributed by atoms with Gasteiger partial charge in [0.15, 0.2) is 6.40 Å². The fourth-order valence-electron chi connectivity index (χ4n) is 0.310. The molecule has 2 heteroatoms. The average Bonchev–Trinajstić information content (AvgIpc) is 1.59. The van der Waals surface area contributed by atoms with Crippen LogP contribution in [0.2, 0.25) is 0 Å². The molecule has 0 heterocycles. The van der Waals surface area contributed by atoms with Crippen LogP contribution in [0.1, 0.15) is 34.6 Å². The highest BCUT2D eigenvalue weighted by atomic mass is 16.5. The lowest BCUT2D eigenvalue weighted by Crippen LogP contribution is -2.18. The molecule has 0 amide bonds. The van der Waals surface area contributed by atoms with Crippen LogP contribution in [0.15, 0.2) is 4.99 Å². The van der Waals surface area contributed by atoms with Crippen molar-refractivity contribution < 1.29 is 4.74 Å². The molecular formula is C8H17NO. The Morgan fingerprint density at radius 2 is 1.80 bits per heavy atom. The van der Waals surface area contributed by atoms with Crippen LogP contribution in [-0.2, 0) is 4.74 Å². The highest BCUT2D eigenvalue weighted by Crippen LogP contribution is 2.04.